The lowest BCUT2D eigenvalue weighted by atomic mass is 9.94. The van der Waals surface area contributed by atoms with E-state index in [9.17, 15) is 19.2 Å². The predicted octanol–water partition coefficient (Wildman–Crippen LogP) is 4.47. The first-order valence-electron chi connectivity index (χ1n) is 15.8. The van der Waals surface area contributed by atoms with E-state index >= 15 is 8.78 Å². The summed E-state index contributed by atoms with van der Waals surface area (Å²) in [5, 5.41) is 2.51. The molecule has 1 atom stereocenters. The van der Waals surface area contributed by atoms with Gasteiger partial charge in [-0.05, 0) is 61.2 Å². The second-order valence-corrected chi connectivity index (χ2v) is 12.7. The fraction of sp³-hybridized carbons (Fsp3) is 0.343. The first-order chi connectivity index (χ1) is 23.3. The summed E-state index contributed by atoms with van der Waals surface area (Å²) >= 11 is 6.90. The van der Waals surface area contributed by atoms with Crippen LogP contribution in [0.2, 0.25) is 5.02 Å². The number of methoxy groups -OCH3 is 1. The number of carbonyl (C=O) groups excluding carboxylic acids is 2. The summed E-state index contributed by atoms with van der Waals surface area (Å²) in [6.07, 6.45) is 2.71. The molecule has 1 aliphatic heterocycles. The molecular weight excluding hydrogens is 658 g/mol. The minimum absolute atomic E-state index is 0.0610. The van der Waals surface area contributed by atoms with Crippen molar-refractivity contribution >= 4 is 29.1 Å². The molecule has 2 aromatic heterocycles. The number of anilines is 1. The molecule has 1 fully saturated rings. The van der Waals surface area contributed by atoms with E-state index in [0.717, 1.165) is 58.5 Å². The van der Waals surface area contributed by atoms with Gasteiger partial charge in [0, 0.05) is 87.4 Å². The zero-order chi connectivity index (χ0) is 35.3. The molecule has 2 aromatic carbocycles. The highest BCUT2D eigenvalue weighted by atomic mass is 35.5. The zero-order valence-electron chi connectivity index (χ0n) is 27.7. The number of nitrogens with one attached hydrogen (secondary N) is 1. The summed E-state index contributed by atoms with van der Waals surface area (Å²) in [5.74, 6) is -1.92. The summed E-state index contributed by atoms with van der Waals surface area (Å²) in [6.45, 7) is 5.84. The summed E-state index contributed by atoms with van der Waals surface area (Å²) in [7, 11) is 4.19. The molecule has 2 amide bonds. The van der Waals surface area contributed by atoms with Crippen molar-refractivity contribution in [2.24, 2.45) is 14.1 Å². The van der Waals surface area contributed by atoms with Gasteiger partial charge in [-0.3, -0.25) is 23.9 Å². The van der Waals surface area contributed by atoms with Crippen molar-refractivity contribution in [2.45, 2.75) is 32.7 Å². The molecule has 11 nitrogen and oxygen atoms in total. The topological polar surface area (TPSA) is 119 Å². The van der Waals surface area contributed by atoms with Crippen LogP contribution in [-0.4, -0.2) is 69.0 Å². The van der Waals surface area contributed by atoms with Crippen molar-refractivity contribution in [3.63, 3.8) is 0 Å². The molecule has 1 N–H and O–H groups in total. The second kappa shape index (κ2) is 13.2. The lowest BCUT2D eigenvalue weighted by molar-refractivity contribution is -0.130. The fourth-order valence-electron chi connectivity index (χ4n) is 6.84. The number of aromatic nitrogens is 3. The number of ether oxygens (including phenoxy) is 1. The van der Waals surface area contributed by atoms with Crippen LogP contribution in [0.3, 0.4) is 0 Å². The highest BCUT2D eigenvalue weighted by molar-refractivity contribution is 6.36. The number of rotatable bonds is 6. The summed E-state index contributed by atoms with van der Waals surface area (Å²) in [5.41, 5.74) is 0.951. The number of piperazine rings is 1. The van der Waals surface area contributed by atoms with E-state index in [1.165, 1.54) is 46.3 Å². The summed E-state index contributed by atoms with van der Waals surface area (Å²) in [4.78, 5) is 58.7. The number of hydrogen-bond acceptors (Lipinski definition) is 7. The Morgan fingerprint density at radius 3 is 2.37 bits per heavy atom. The van der Waals surface area contributed by atoms with Gasteiger partial charge in [0.15, 0.2) is 0 Å². The molecule has 1 saturated heterocycles. The first kappa shape index (κ1) is 34.0. The Hall–Kier alpha value is -4.88. The van der Waals surface area contributed by atoms with Crippen LogP contribution in [0.1, 0.15) is 46.4 Å². The lowest BCUT2D eigenvalue weighted by Gasteiger charge is -2.38. The van der Waals surface area contributed by atoms with Gasteiger partial charge in [0.05, 0.1) is 17.8 Å². The van der Waals surface area contributed by atoms with E-state index < -0.39 is 28.8 Å². The summed E-state index contributed by atoms with van der Waals surface area (Å²) in [6, 6.07) is 7.02. The van der Waals surface area contributed by atoms with Gasteiger partial charge in [-0.2, -0.15) is 0 Å². The molecule has 4 aromatic rings. The minimum atomic E-state index is -0.828. The molecule has 0 bridgehead atoms. The Bertz CT molecular complexity index is 2140. The number of nitrogens with zero attached hydrogens (tertiary/aromatic N) is 5. The molecular formula is C35H35ClF2N6O5. The van der Waals surface area contributed by atoms with Crippen molar-refractivity contribution in [1.82, 2.24) is 23.9 Å². The van der Waals surface area contributed by atoms with Crippen LogP contribution < -0.4 is 21.3 Å². The molecule has 6 rings (SSSR count). The third kappa shape index (κ3) is 6.01. The number of hydrogen-bond donors (Lipinski definition) is 1. The van der Waals surface area contributed by atoms with Gasteiger partial charge >= 0.3 is 5.69 Å². The van der Waals surface area contributed by atoms with Crippen molar-refractivity contribution in [1.29, 1.82) is 0 Å². The highest BCUT2D eigenvalue weighted by Crippen LogP contribution is 2.46. The minimum Gasteiger partial charge on any atom is -0.481 e. The van der Waals surface area contributed by atoms with E-state index in [1.54, 1.807) is 6.92 Å². The highest BCUT2D eigenvalue weighted by Gasteiger charge is 2.35. The molecule has 49 heavy (non-hydrogen) atoms. The third-order valence-electron chi connectivity index (χ3n) is 9.49. The fourth-order valence-corrected chi connectivity index (χ4v) is 7.19. The Kier molecular flexibility index (Phi) is 9.16. The predicted molar refractivity (Wildman–Crippen MR) is 181 cm³/mol. The van der Waals surface area contributed by atoms with Gasteiger partial charge in [-0.1, -0.05) is 11.6 Å². The van der Waals surface area contributed by atoms with Gasteiger partial charge < -0.3 is 19.5 Å². The summed E-state index contributed by atoms with van der Waals surface area (Å²) < 4.78 is 38.9. The van der Waals surface area contributed by atoms with Crippen LogP contribution >= 0.6 is 11.6 Å². The largest absolute Gasteiger partial charge is 0.481 e. The quantitative estimate of drug-likeness (QED) is 0.317. The molecule has 0 radical (unpaired) electrons. The number of benzene rings is 2. The molecule has 14 heteroatoms. The van der Waals surface area contributed by atoms with E-state index in [0.29, 0.717) is 30.2 Å². The van der Waals surface area contributed by atoms with E-state index in [4.69, 9.17) is 21.3 Å². The molecule has 1 aliphatic carbocycles. The maximum Gasteiger partial charge on any atom is 0.330 e. The van der Waals surface area contributed by atoms with Crippen molar-refractivity contribution in [3.8, 4) is 28.3 Å². The molecule has 0 saturated carbocycles. The van der Waals surface area contributed by atoms with Crippen LogP contribution in [0.4, 0.5) is 14.5 Å². The van der Waals surface area contributed by atoms with E-state index in [1.807, 2.05) is 11.0 Å². The average molecular weight is 693 g/mol. The molecule has 2 aliphatic rings. The Morgan fingerprint density at radius 2 is 1.69 bits per heavy atom. The van der Waals surface area contributed by atoms with Crippen LogP contribution in [0.25, 0.3) is 22.4 Å². The standard InChI is InChI=1S/C35H35ClF2N6O5/c1-18-25(39-32(46)22-17-41(3)35(48)42(4)34(22)47)10-9-23(37)28(18)30-24(38)8-7-21(31(30)36)26-16-20-6-11-27(29(20)33(40-26)49-5)44-14-12-43(13-15-44)19(2)45/h7-10,16-17,27H,6,11-15H2,1-5H3,(H,39,46). The second-order valence-electron chi connectivity index (χ2n) is 12.3. The Morgan fingerprint density at radius 1 is 1.02 bits per heavy atom. The number of halogens is 3. The van der Waals surface area contributed by atoms with Crippen molar-refractivity contribution < 1.29 is 23.1 Å². The van der Waals surface area contributed by atoms with Crippen LogP contribution in [0.15, 0.2) is 46.1 Å². The van der Waals surface area contributed by atoms with Crippen LogP contribution in [0.5, 0.6) is 5.88 Å². The number of carbonyl (C=O) groups is 2. The van der Waals surface area contributed by atoms with Gasteiger partial charge in [-0.15, -0.1) is 0 Å². The van der Waals surface area contributed by atoms with Crippen LogP contribution in [0, 0.1) is 18.6 Å². The molecule has 3 heterocycles. The monoisotopic (exact) mass is 692 g/mol. The van der Waals surface area contributed by atoms with E-state index in [2.05, 4.69) is 10.2 Å². The lowest BCUT2D eigenvalue weighted by Crippen LogP contribution is -2.48. The molecule has 1 unspecified atom stereocenters. The van der Waals surface area contributed by atoms with Crippen LogP contribution in [-0.2, 0) is 25.3 Å². The number of aryl methyl sites for hydroxylation is 2. The van der Waals surface area contributed by atoms with E-state index in [-0.39, 0.29) is 44.9 Å². The van der Waals surface area contributed by atoms with Crippen molar-refractivity contribution in [3.05, 3.63) is 96.3 Å². The Balaban J connectivity index is 1.36. The van der Waals surface area contributed by atoms with Gasteiger partial charge in [0.25, 0.3) is 11.5 Å². The first-order valence-corrected chi connectivity index (χ1v) is 16.1. The number of fused-ring (bicyclic) bond motifs is 1. The number of amides is 2. The smallest absolute Gasteiger partial charge is 0.330 e. The van der Waals surface area contributed by atoms with Crippen molar-refractivity contribution in [2.75, 3.05) is 38.6 Å². The number of pyridine rings is 1. The average Bonchev–Trinajstić information content (AvgIpc) is 3.52. The van der Waals surface area contributed by atoms with Gasteiger partial charge in [0.2, 0.25) is 11.8 Å². The Labute approximate surface area is 285 Å². The maximum atomic E-state index is 15.6. The zero-order valence-corrected chi connectivity index (χ0v) is 28.5. The third-order valence-corrected chi connectivity index (χ3v) is 9.89. The molecule has 256 valence electrons. The SMILES string of the molecule is COc1nc(-c2ccc(F)c(-c3c(F)ccc(NC(=O)c4cn(C)c(=O)n(C)c4=O)c3C)c2Cl)cc2c1C(N1CCN(C(C)=O)CC1)CC2. The van der Waals surface area contributed by atoms with Gasteiger partial charge in [0.1, 0.15) is 17.2 Å². The maximum absolute atomic E-state index is 15.6. The van der Waals surface area contributed by atoms with Gasteiger partial charge in [-0.25, -0.2) is 18.6 Å². The molecule has 0 spiro atoms. The normalized spacial score (nSPS) is 16.1.